The van der Waals surface area contributed by atoms with Crippen molar-refractivity contribution in [2.45, 2.75) is 13.5 Å². The van der Waals surface area contributed by atoms with Gasteiger partial charge in [-0.15, -0.1) is 0 Å². The molecule has 1 N–H and O–H groups in total. The predicted molar refractivity (Wildman–Crippen MR) is 107 cm³/mol. The van der Waals surface area contributed by atoms with E-state index in [-0.39, 0.29) is 17.9 Å². The maximum Gasteiger partial charge on any atom is 0.272 e. The van der Waals surface area contributed by atoms with E-state index in [2.05, 4.69) is 10.5 Å². The van der Waals surface area contributed by atoms with Gasteiger partial charge in [-0.3, -0.25) is 14.9 Å². The van der Waals surface area contributed by atoms with Gasteiger partial charge in [-0.2, -0.15) is 10.4 Å². The van der Waals surface area contributed by atoms with Crippen LogP contribution in [0, 0.1) is 28.4 Å². The number of hydrogen-bond donors (Lipinski definition) is 1. The molecule has 9 nitrogen and oxygen atoms in total. The van der Waals surface area contributed by atoms with Gasteiger partial charge in [-0.05, 0) is 55.5 Å². The molecule has 0 saturated carbocycles. The Morgan fingerprint density at radius 1 is 1.27 bits per heavy atom. The maximum atomic E-state index is 12.1. The number of amides is 1. The summed E-state index contributed by atoms with van der Waals surface area (Å²) < 4.78 is 11.1. The van der Waals surface area contributed by atoms with Gasteiger partial charge < -0.3 is 9.15 Å². The SMILES string of the molecule is Cc1cc(C(=O)NN=Cc2ccc(COc3ccc(C#N)cc3)o2)ccc1[N+](=O)[O-]. The zero-order valence-corrected chi connectivity index (χ0v) is 15.9. The molecule has 0 radical (unpaired) electrons. The van der Waals surface area contributed by atoms with Crippen molar-refractivity contribution in [1.82, 2.24) is 5.43 Å². The Hall–Kier alpha value is -4.45. The molecule has 0 saturated heterocycles. The largest absolute Gasteiger partial charge is 0.486 e. The Morgan fingerprint density at radius 3 is 2.70 bits per heavy atom. The minimum atomic E-state index is -0.505. The highest BCUT2D eigenvalue weighted by molar-refractivity contribution is 5.95. The average Bonchev–Trinajstić information content (AvgIpc) is 3.20. The normalized spacial score (nSPS) is 10.5. The second-order valence-corrected chi connectivity index (χ2v) is 6.19. The van der Waals surface area contributed by atoms with Crippen LogP contribution >= 0.6 is 0 Å². The number of hydrogen-bond acceptors (Lipinski definition) is 7. The van der Waals surface area contributed by atoms with Crippen molar-refractivity contribution in [3.63, 3.8) is 0 Å². The highest BCUT2D eigenvalue weighted by atomic mass is 16.6. The molecule has 150 valence electrons. The average molecular weight is 404 g/mol. The fraction of sp³-hybridized carbons (Fsp3) is 0.0952. The molecule has 1 amide bonds. The third-order valence-corrected chi connectivity index (χ3v) is 4.06. The molecule has 1 heterocycles. The summed E-state index contributed by atoms with van der Waals surface area (Å²) in [6, 6.07) is 16.2. The van der Waals surface area contributed by atoms with Crippen molar-refractivity contribution in [3.05, 3.63) is 92.9 Å². The summed E-state index contributed by atoms with van der Waals surface area (Å²) in [5.74, 6) is 1.07. The second kappa shape index (κ2) is 9.16. The molecule has 0 atom stereocenters. The zero-order chi connectivity index (χ0) is 21.5. The molecule has 2 aromatic carbocycles. The number of aryl methyl sites for hydroxylation is 1. The first kappa shape index (κ1) is 20.3. The number of hydrazone groups is 1. The van der Waals surface area contributed by atoms with Gasteiger partial charge in [0.05, 0.1) is 22.8 Å². The molecule has 0 aliphatic heterocycles. The summed E-state index contributed by atoms with van der Waals surface area (Å²) >= 11 is 0. The monoisotopic (exact) mass is 404 g/mol. The number of carbonyl (C=O) groups is 1. The standard InChI is InChI=1S/C21H16N4O5/c1-14-10-16(4-9-20(14)25(27)28)21(26)24-23-12-18-7-8-19(30-18)13-29-17-5-2-15(11-22)3-6-17/h2-10,12H,13H2,1H3,(H,24,26). The molecule has 3 rings (SSSR count). The van der Waals surface area contributed by atoms with E-state index in [4.69, 9.17) is 14.4 Å². The van der Waals surface area contributed by atoms with Gasteiger partial charge in [0.1, 0.15) is 23.9 Å². The Balaban J connectivity index is 1.53. The van der Waals surface area contributed by atoms with Crippen LogP contribution in [-0.2, 0) is 6.61 Å². The number of ether oxygens (including phenoxy) is 1. The topological polar surface area (TPSA) is 131 Å². The lowest BCUT2D eigenvalue weighted by molar-refractivity contribution is -0.385. The number of benzene rings is 2. The van der Waals surface area contributed by atoms with Crippen LogP contribution < -0.4 is 10.2 Å². The van der Waals surface area contributed by atoms with E-state index >= 15 is 0 Å². The van der Waals surface area contributed by atoms with Crippen LogP contribution in [0.15, 0.2) is 64.1 Å². The first-order valence-corrected chi connectivity index (χ1v) is 8.76. The quantitative estimate of drug-likeness (QED) is 0.363. The summed E-state index contributed by atoms with van der Waals surface area (Å²) in [5.41, 5.74) is 3.48. The van der Waals surface area contributed by atoms with Crippen LogP contribution in [0.4, 0.5) is 5.69 Å². The van der Waals surface area contributed by atoms with E-state index in [1.165, 1.54) is 24.4 Å². The van der Waals surface area contributed by atoms with Crippen LogP contribution in [0.2, 0.25) is 0 Å². The second-order valence-electron chi connectivity index (χ2n) is 6.19. The van der Waals surface area contributed by atoms with Gasteiger partial charge >= 0.3 is 0 Å². The fourth-order valence-electron chi connectivity index (χ4n) is 2.54. The summed E-state index contributed by atoms with van der Waals surface area (Å²) in [6.07, 6.45) is 1.33. The van der Waals surface area contributed by atoms with E-state index in [1.54, 1.807) is 43.3 Å². The molecular formula is C21H16N4O5. The van der Waals surface area contributed by atoms with Gasteiger partial charge in [-0.1, -0.05) is 0 Å². The Bertz CT molecular complexity index is 1140. The lowest BCUT2D eigenvalue weighted by Crippen LogP contribution is -2.17. The van der Waals surface area contributed by atoms with Crippen molar-refractivity contribution in [2.24, 2.45) is 5.10 Å². The van der Waals surface area contributed by atoms with Crippen molar-refractivity contribution in [1.29, 1.82) is 5.26 Å². The zero-order valence-electron chi connectivity index (χ0n) is 15.9. The van der Waals surface area contributed by atoms with Crippen LogP contribution in [-0.4, -0.2) is 17.0 Å². The minimum Gasteiger partial charge on any atom is -0.486 e. The van der Waals surface area contributed by atoms with Crippen LogP contribution in [0.3, 0.4) is 0 Å². The van der Waals surface area contributed by atoms with Gasteiger partial charge in [-0.25, -0.2) is 5.43 Å². The number of nitro groups is 1. The van der Waals surface area contributed by atoms with Crippen molar-refractivity contribution in [2.75, 3.05) is 0 Å². The van der Waals surface area contributed by atoms with E-state index in [9.17, 15) is 14.9 Å². The summed E-state index contributed by atoms with van der Waals surface area (Å²) in [4.78, 5) is 22.4. The summed E-state index contributed by atoms with van der Waals surface area (Å²) in [6.45, 7) is 1.75. The molecule has 30 heavy (non-hydrogen) atoms. The number of rotatable bonds is 7. The van der Waals surface area contributed by atoms with Crippen LogP contribution in [0.1, 0.15) is 33.0 Å². The molecule has 0 aliphatic rings. The smallest absolute Gasteiger partial charge is 0.272 e. The van der Waals surface area contributed by atoms with Gasteiger partial charge in [0.2, 0.25) is 0 Å². The molecule has 0 spiro atoms. The van der Waals surface area contributed by atoms with E-state index in [0.717, 1.165) is 0 Å². The molecule has 0 fully saturated rings. The number of carbonyl (C=O) groups excluding carboxylic acids is 1. The Morgan fingerprint density at radius 2 is 2.03 bits per heavy atom. The van der Waals surface area contributed by atoms with E-state index in [1.807, 2.05) is 6.07 Å². The fourth-order valence-corrected chi connectivity index (χ4v) is 2.54. The van der Waals surface area contributed by atoms with Crippen molar-refractivity contribution >= 4 is 17.8 Å². The molecule has 0 aliphatic carbocycles. The van der Waals surface area contributed by atoms with Crippen LogP contribution in [0.5, 0.6) is 5.75 Å². The number of furan rings is 1. The lowest BCUT2D eigenvalue weighted by Gasteiger charge is -2.03. The van der Waals surface area contributed by atoms with E-state index < -0.39 is 10.8 Å². The molecule has 0 bridgehead atoms. The molecule has 1 aromatic heterocycles. The number of nitriles is 1. The Labute approximate surface area is 171 Å². The third kappa shape index (κ3) is 5.08. The first-order valence-electron chi connectivity index (χ1n) is 8.76. The van der Waals surface area contributed by atoms with Gasteiger partial charge in [0.25, 0.3) is 11.6 Å². The number of nitro benzene ring substituents is 1. The number of nitrogens with zero attached hydrogens (tertiary/aromatic N) is 3. The minimum absolute atomic E-state index is 0.0543. The Kier molecular flexibility index (Phi) is 6.20. The molecule has 3 aromatic rings. The van der Waals surface area contributed by atoms with Gasteiger partial charge in [0, 0.05) is 17.2 Å². The maximum absolute atomic E-state index is 12.1. The predicted octanol–water partition coefficient (Wildman–Crippen LogP) is 3.71. The van der Waals surface area contributed by atoms with E-state index in [0.29, 0.717) is 28.4 Å². The summed E-state index contributed by atoms with van der Waals surface area (Å²) in [5, 5.41) is 23.5. The van der Waals surface area contributed by atoms with Crippen molar-refractivity contribution in [3.8, 4) is 11.8 Å². The van der Waals surface area contributed by atoms with Crippen molar-refractivity contribution < 1.29 is 18.9 Å². The lowest BCUT2D eigenvalue weighted by atomic mass is 10.1. The number of nitrogens with one attached hydrogen (secondary N) is 1. The molecule has 0 unspecified atom stereocenters. The first-order chi connectivity index (χ1) is 14.5. The van der Waals surface area contributed by atoms with Gasteiger partial charge in [0.15, 0.2) is 0 Å². The molecular weight excluding hydrogens is 388 g/mol. The van der Waals surface area contributed by atoms with Crippen LogP contribution in [0.25, 0.3) is 0 Å². The highest BCUT2D eigenvalue weighted by Gasteiger charge is 2.13. The summed E-state index contributed by atoms with van der Waals surface area (Å²) in [7, 11) is 0. The third-order valence-electron chi connectivity index (χ3n) is 4.06. The highest BCUT2D eigenvalue weighted by Crippen LogP contribution is 2.19. The molecule has 9 heteroatoms.